The highest BCUT2D eigenvalue weighted by molar-refractivity contribution is 9.10. The molecule has 0 saturated heterocycles. The summed E-state index contributed by atoms with van der Waals surface area (Å²) in [5, 5.41) is 2.91. The highest BCUT2D eigenvalue weighted by Crippen LogP contribution is 2.26. The van der Waals surface area contributed by atoms with Crippen molar-refractivity contribution in [3.8, 4) is 11.5 Å². The third kappa shape index (κ3) is 5.78. The van der Waals surface area contributed by atoms with Crippen molar-refractivity contribution < 1.29 is 14.3 Å². The van der Waals surface area contributed by atoms with E-state index in [0.717, 1.165) is 16.6 Å². The lowest BCUT2D eigenvalue weighted by molar-refractivity contribution is 0.102. The Morgan fingerprint density at radius 2 is 1.88 bits per heavy atom. The fraction of sp³-hybridized carbons (Fsp3) is 0.350. The maximum absolute atomic E-state index is 12.7. The van der Waals surface area contributed by atoms with Crippen LogP contribution in [-0.2, 0) is 0 Å². The zero-order valence-corrected chi connectivity index (χ0v) is 16.6. The summed E-state index contributed by atoms with van der Waals surface area (Å²) in [6.45, 7) is 7.95. The minimum atomic E-state index is -0.224. The van der Waals surface area contributed by atoms with Gasteiger partial charge in [0.2, 0.25) is 0 Å². The molecule has 0 aliphatic rings. The topological polar surface area (TPSA) is 47.6 Å². The summed E-state index contributed by atoms with van der Waals surface area (Å²) in [5.74, 6) is 1.07. The molecule has 4 nitrogen and oxygen atoms in total. The Morgan fingerprint density at radius 1 is 1.12 bits per heavy atom. The lowest BCUT2D eigenvalue weighted by Gasteiger charge is -2.16. The molecule has 0 heterocycles. The van der Waals surface area contributed by atoms with Crippen LogP contribution in [-0.4, -0.2) is 18.1 Å². The summed E-state index contributed by atoms with van der Waals surface area (Å²) in [6.07, 6.45) is 1.03. The SMILES string of the molecule is CCC(C)Oc1cccc(NC(=O)c2cc(Br)ccc2OC(C)C)c1. The molecule has 1 unspecified atom stereocenters. The molecule has 0 bridgehead atoms. The minimum Gasteiger partial charge on any atom is -0.491 e. The van der Waals surface area contributed by atoms with Gasteiger partial charge in [-0.15, -0.1) is 0 Å². The average molecular weight is 406 g/mol. The van der Waals surface area contributed by atoms with Gasteiger partial charge in [0.1, 0.15) is 11.5 Å². The molecule has 0 spiro atoms. The number of carbonyl (C=O) groups is 1. The molecule has 5 heteroatoms. The van der Waals surface area contributed by atoms with Crippen LogP contribution in [0, 0.1) is 0 Å². The molecule has 0 aromatic heterocycles. The van der Waals surface area contributed by atoms with Crippen LogP contribution in [0.4, 0.5) is 5.69 Å². The minimum absolute atomic E-state index is 0.0139. The number of carbonyl (C=O) groups excluding carboxylic acids is 1. The van der Waals surface area contributed by atoms with Crippen LogP contribution in [0.3, 0.4) is 0 Å². The van der Waals surface area contributed by atoms with Crippen molar-refractivity contribution >= 4 is 27.5 Å². The van der Waals surface area contributed by atoms with Crippen molar-refractivity contribution in [2.24, 2.45) is 0 Å². The third-order valence-electron chi connectivity index (χ3n) is 3.55. The lowest BCUT2D eigenvalue weighted by Crippen LogP contribution is -2.16. The Hall–Kier alpha value is -2.01. The molecule has 1 amide bonds. The smallest absolute Gasteiger partial charge is 0.259 e. The second-order valence-electron chi connectivity index (χ2n) is 6.13. The highest BCUT2D eigenvalue weighted by Gasteiger charge is 2.15. The number of hydrogen-bond acceptors (Lipinski definition) is 3. The van der Waals surface area contributed by atoms with Gasteiger partial charge in [0, 0.05) is 16.2 Å². The summed E-state index contributed by atoms with van der Waals surface area (Å²) in [6, 6.07) is 12.8. The van der Waals surface area contributed by atoms with Gasteiger partial charge < -0.3 is 14.8 Å². The maximum Gasteiger partial charge on any atom is 0.259 e. The van der Waals surface area contributed by atoms with Crippen molar-refractivity contribution in [3.05, 3.63) is 52.5 Å². The predicted molar refractivity (Wildman–Crippen MR) is 105 cm³/mol. The molecule has 2 aromatic rings. The van der Waals surface area contributed by atoms with E-state index in [9.17, 15) is 4.79 Å². The third-order valence-corrected chi connectivity index (χ3v) is 4.05. The Balaban J connectivity index is 2.19. The molecular formula is C20H24BrNO3. The largest absolute Gasteiger partial charge is 0.491 e. The fourth-order valence-electron chi connectivity index (χ4n) is 2.20. The standard InChI is InChI=1S/C20H24BrNO3/c1-5-14(4)25-17-8-6-7-16(12-17)22-20(23)18-11-15(21)9-10-19(18)24-13(2)3/h6-14H,5H2,1-4H3,(H,22,23). The predicted octanol–water partition coefficient (Wildman–Crippen LogP) is 5.67. The van der Waals surface area contributed by atoms with Gasteiger partial charge in [-0.1, -0.05) is 28.9 Å². The molecule has 0 fully saturated rings. The summed E-state index contributed by atoms with van der Waals surface area (Å²) in [7, 11) is 0. The Labute approximate surface area is 157 Å². The number of hydrogen-bond donors (Lipinski definition) is 1. The number of halogens is 1. The molecule has 1 atom stereocenters. The molecule has 2 aromatic carbocycles. The van der Waals surface area contributed by atoms with Crippen LogP contribution in [0.15, 0.2) is 46.9 Å². The molecule has 25 heavy (non-hydrogen) atoms. The van der Waals surface area contributed by atoms with Crippen LogP contribution in [0.2, 0.25) is 0 Å². The molecule has 134 valence electrons. The van der Waals surface area contributed by atoms with Gasteiger partial charge in [-0.3, -0.25) is 4.79 Å². The van der Waals surface area contributed by atoms with Gasteiger partial charge in [-0.05, 0) is 57.5 Å². The normalized spacial score (nSPS) is 11.9. The van der Waals surface area contributed by atoms with E-state index in [1.54, 1.807) is 12.1 Å². The van der Waals surface area contributed by atoms with E-state index in [4.69, 9.17) is 9.47 Å². The van der Waals surface area contributed by atoms with E-state index in [1.165, 1.54) is 0 Å². The van der Waals surface area contributed by atoms with Crippen molar-refractivity contribution in [1.82, 2.24) is 0 Å². The van der Waals surface area contributed by atoms with Gasteiger partial charge in [0.15, 0.2) is 0 Å². The summed E-state index contributed by atoms with van der Waals surface area (Å²) in [5.41, 5.74) is 1.16. The van der Waals surface area contributed by atoms with Crippen molar-refractivity contribution in [3.63, 3.8) is 0 Å². The van der Waals surface area contributed by atoms with E-state index in [2.05, 4.69) is 28.2 Å². The second-order valence-corrected chi connectivity index (χ2v) is 7.04. The summed E-state index contributed by atoms with van der Waals surface area (Å²) in [4.78, 5) is 12.7. The number of ether oxygens (including phenoxy) is 2. The zero-order chi connectivity index (χ0) is 18.4. The van der Waals surface area contributed by atoms with Gasteiger partial charge in [0.25, 0.3) is 5.91 Å². The fourth-order valence-corrected chi connectivity index (χ4v) is 2.56. The first-order chi connectivity index (χ1) is 11.9. The number of rotatable bonds is 7. The Bertz CT molecular complexity index is 731. The molecule has 2 rings (SSSR count). The first kappa shape index (κ1) is 19.3. The number of anilines is 1. The second kappa shape index (κ2) is 8.90. The van der Waals surface area contributed by atoms with Crippen LogP contribution in [0.25, 0.3) is 0 Å². The summed E-state index contributed by atoms with van der Waals surface area (Å²) >= 11 is 3.41. The van der Waals surface area contributed by atoms with Crippen molar-refractivity contribution in [2.45, 2.75) is 46.3 Å². The maximum atomic E-state index is 12.7. The van der Waals surface area contributed by atoms with Crippen LogP contribution >= 0.6 is 15.9 Å². The van der Waals surface area contributed by atoms with E-state index in [0.29, 0.717) is 17.0 Å². The van der Waals surface area contributed by atoms with Gasteiger partial charge in [-0.2, -0.15) is 0 Å². The Kier molecular flexibility index (Phi) is 6.88. The molecule has 0 radical (unpaired) electrons. The lowest BCUT2D eigenvalue weighted by atomic mass is 10.1. The van der Waals surface area contributed by atoms with E-state index in [1.807, 2.05) is 51.1 Å². The molecule has 0 saturated carbocycles. The number of benzene rings is 2. The monoisotopic (exact) mass is 405 g/mol. The number of nitrogens with one attached hydrogen (secondary N) is 1. The van der Waals surface area contributed by atoms with E-state index >= 15 is 0 Å². The molecule has 1 N–H and O–H groups in total. The van der Waals surface area contributed by atoms with E-state index < -0.39 is 0 Å². The van der Waals surface area contributed by atoms with Crippen LogP contribution < -0.4 is 14.8 Å². The van der Waals surface area contributed by atoms with Gasteiger partial charge in [-0.25, -0.2) is 0 Å². The average Bonchev–Trinajstić information content (AvgIpc) is 2.56. The first-order valence-corrected chi connectivity index (χ1v) is 9.22. The molecular weight excluding hydrogens is 382 g/mol. The first-order valence-electron chi connectivity index (χ1n) is 8.43. The van der Waals surface area contributed by atoms with E-state index in [-0.39, 0.29) is 18.1 Å². The van der Waals surface area contributed by atoms with Gasteiger partial charge >= 0.3 is 0 Å². The van der Waals surface area contributed by atoms with Crippen LogP contribution in [0.5, 0.6) is 11.5 Å². The quantitative estimate of drug-likeness (QED) is 0.645. The number of amides is 1. The van der Waals surface area contributed by atoms with Gasteiger partial charge in [0.05, 0.1) is 17.8 Å². The van der Waals surface area contributed by atoms with Crippen LogP contribution in [0.1, 0.15) is 44.5 Å². The molecule has 0 aliphatic carbocycles. The molecule has 0 aliphatic heterocycles. The van der Waals surface area contributed by atoms with Crippen molar-refractivity contribution in [2.75, 3.05) is 5.32 Å². The summed E-state index contributed by atoms with van der Waals surface area (Å²) < 4.78 is 12.4. The van der Waals surface area contributed by atoms with Crippen molar-refractivity contribution in [1.29, 1.82) is 0 Å². The highest BCUT2D eigenvalue weighted by atomic mass is 79.9. The Morgan fingerprint density at radius 3 is 2.56 bits per heavy atom. The zero-order valence-electron chi connectivity index (χ0n) is 15.0.